The van der Waals surface area contributed by atoms with Crippen molar-refractivity contribution in [3.05, 3.63) is 0 Å². The van der Waals surface area contributed by atoms with E-state index in [4.69, 9.17) is 5.11 Å². The average molecular weight is 199 g/mol. The summed E-state index contributed by atoms with van der Waals surface area (Å²) in [5.74, 6) is -0.607. The Hall–Kier alpha value is -0.610. The summed E-state index contributed by atoms with van der Waals surface area (Å²) in [5.41, 5.74) is -0.488. The molecule has 0 amide bonds. The molecule has 0 aromatic carbocycles. The lowest BCUT2D eigenvalue weighted by atomic mass is 9.88. The summed E-state index contributed by atoms with van der Waals surface area (Å²) in [6, 6.07) is 0. The second kappa shape index (κ2) is 3.21. The Balaban J connectivity index is 1.74. The van der Waals surface area contributed by atoms with Gasteiger partial charge in [-0.2, -0.15) is 0 Å². The Bertz CT molecular complexity index is 244. The maximum atomic E-state index is 10.6. The number of carbonyl (C=O) groups is 1. The number of carboxylic acid groups (broad SMARTS) is 1. The van der Waals surface area contributed by atoms with Crippen LogP contribution in [-0.4, -0.2) is 46.3 Å². The van der Waals surface area contributed by atoms with Gasteiger partial charge in [0.15, 0.2) is 0 Å². The Kier molecular flexibility index (Phi) is 2.27. The molecule has 0 spiro atoms. The Morgan fingerprint density at radius 2 is 2.14 bits per heavy atom. The van der Waals surface area contributed by atoms with Crippen molar-refractivity contribution in [3.8, 4) is 0 Å². The first-order chi connectivity index (χ1) is 6.51. The first kappa shape index (κ1) is 9.93. The molecule has 4 heteroatoms. The predicted octanol–water partition coefficient (Wildman–Crippen LogP) is 0.164. The van der Waals surface area contributed by atoms with Gasteiger partial charge in [-0.1, -0.05) is 6.92 Å². The number of aliphatic carboxylic acids is 1. The van der Waals surface area contributed by atoms with E-state index in [0.717, 1.165) is 12.8 Å². The molecule has 0 bridgehead atoms. The van der Waals surface area contributed by atoms with Crippen LogP contribution in [0.2, 0.25) is 0 Å². The van der Waals surface area contributed by atoms with Gasteiger partial charge in [-0.15, -0.1) is 0 Å². The van der Waals surface area contributed by atoms with Gasteiger partial charge in [-0.25, -0.2) is 0 Å². The molecule has 1 unspecified atom stereocenters. The van der Waals surface area contributed by atoms with Gasteiger partial charge in [0.25, 0.3) is 0 Å². The molecule has 14 heavy (non-hydrogen) atoms. The molecular weight excluding hydrogens is 182 g/mol. The standard InChI is InChI=1S/C10H17NO3/c1-7(9(12)13)4-11-5-10(14,6-11)8-2-3-8/h7-8,14H,2-6H2,1H3,(H,12,13). The lowest BCUT2D eigenvalue weighted by Gasteiger charge is -2.47. The Morgan fingerprint density at radius 3 is 2.57 bits per heavy atom. The van der Waals surface area contributed by atoms with E-state index in [2.05, 4.69) is 0 Å². The van der Waals surface area contributed by atoms with E-state index < -0.39 is 11.6 Å². The van der Waals surface area contributed by atoms with Crippen LogP contribution in [0, 0.1) is 11.8 Å². The SMILES string of the molecule is CC(CN1CC(O)(C2CC2)C1)C(=O)O. The highest BCUT2D eigenvalue weighted by molar-refractivity contribution is 5.69. The normalized spacial score (nSPS) is 28.1. The van der Waals surface area contributed by atoms with E-state index in [-0.39, 0.29) is 5.92 Å². The number of β-amino-alcohol motifs (C(OH)–C–C–N with tert-alkyl or cyclic N) is 1. The van der Waals surface area contributed by atoms with Crippen LogP contribution < -0.4 is 0 Å². The summed E-state index contributed by atoms with van der Waals surface area (Å²) in [4.78, 5) is 12.6. The number of likely N-dealkylation sites (tertiary alicyclic amines) is 1. The average Bonchev–Trinajstić information content (AvgIpc) is 2.82. The third kappa shape index (κ3) is 1.77. The quantitative estimate of drug-likeness (QED) is 0.677. The van der Waals surface area contributed by atoms with Gasteiger partial charge in [0, 0.05) is 19.6 Å². The molecule has 1 saturated carbocycles. The molecule has 1 aliphatic carbocycles. The fraction of sp³-hybridized carbons (Fsp3) is 0.900. The Morgan fingerprint density at radius 1 is 1.57 bits per heavy atom. The zero-order valence-corrected chi connectivity index (χ0v) is 8.44. The van der Waals surface area contributed by atoms with Crippen LogP contribution >= 0.6 is 0 Å². The van der Waals surface area contributed by atoms with Crippen molar-refractivity contribution >= 4 is 5.97 Å². The van der Waals surface area contributed by atoms with Gasteiger partial charge in [0.1, 0.15) is 0 Å². The molecule has 1 saturated heterocycles. The summed E-state index contributed by atoms with van der Waals surface area (Å²) < 4.78 is 0. The van der Waals surface area contributed by atoms with Crippen LogP contribution in [0.1, 0.15) is 19.8 Å². The summed E-state index contributed by atoms with van der Waals surface area (Å²) in [7, 11) is 0. The van der Waals surface area contributed by atoms with Crippen molar-refractivity contribution in [2.75, 3.05) is 19.6 Å². The van der Waals surface area contributed by atoms with E-state index in [9.17, 15) is 9.90 Å². The fourth-order valence-corrected chi connectivity index (χ4v) is 2.20. The van der Waals surface area contributed by atoms with E-state index >= 15 is 0 Å². The van der Waals surface area contributed by atoms with E-state index in [1.165, 1.54) is 0 Å². The van der Waals surface area contributed by atoms with Crippen LogP contribution in [0.25, 0.3) is 0 Å². The van der Waals surface area contributed by atoms with Crippen molar-refractivity contribution in [2.24, 2.45) is 11.8 Å². The molecule has 1 atom stereocenters. The van der Waals surface area contributed by atoms with Crippen LogP contribution in [0.15, 0.2) is 0 Å². The molecule has 4 nitrogen and oxygen atoms in total. The van der Waals surface area contributed by atoms with Crippen molar-refractivity contribution in [1.82, 2.24) is 4.90 Å². The number of nitrogens with zero attached hydrogens (tertiary/aromatic N) is 1. The van der Waals surface area contributed by atoms with Crippen LogP contribution in [0.3, 0.4) is 0 Å². The zero-order valence-electron chi connectivity index (χ0n) is 8.44. The topological polar surface area (TPSA) is 60.8 Å². The molecule has 0 radical (unpaired) electrons. The van der Waals surface area contributed by atoms with Crippen molar-refractivity contribution < 1.29 is 15.0 Å². The maximum Gasteiger partial charge on any atom is 0.307 e. The van der Waals surface area contributed by atoms with E-state index in [1.807, 2.05) is 4.90 Å². The molecule has 0 aromatic rings. The highest BCUT2D eigenvalue weighted by atomic mass is 16.4. The van der Waals surface area contributed by atoms with Gasteiger partial charge < -0.3 is 10.2 Å². The summed E-state index contributed by atoms with van der Waals surface area (Å²) in [5, 5.41) is 18.7. The molecule has 80 valence electrons. The first-order valence-corrected chi connectivity index (χ1v) is 5.19. The zero-order chi connectivity index (χ0) is 10.3. The first-order valence-electron chi connectivity index (χ1n) is 5.19. The number of hydrogen-bond donors (Lipinski definition) is 2. The summed E-state index contributed by atoms with van der Waals surface area (Å²) in [6.07, 6.45) is 2.28. The molecule has 0 aromatic heterocycles. The van der Waals surface area contributed by atoms with Gasteiger partial charge in [-0.05, 0) is 18.8 Å². The van der Waals surface area contributed by atoms with Crippen LogP contribution in [0.5, 0.6) is 0 Å². The van der Waals surface area contributed by atoms with Crippen molar-refractivity contribution in [2.45, 2.75) is 25.4 Å². The molecule has 2 rings (SSSR count). The minimum atomic E-state index is -0.758. The third-order valence-electron chi connectivity index (χ3n) is 3.29. The van der Waals surface area contributed by atoms with E-state index in [1.54, 1.807) is 6.92 Å². The molecule has 1 aliphatic heterocycles. The van der Waals surface area contributed by atoms with Crippen LogP contribution in [0.4, 0.5) is 0 Å². The second-order valence-corrected chi connectivity index (χ2v) is 4.79. The van der Waals surface area contributed by atoms with Crippen molar-refractivity contribution in [1.29, 1.82) is 0 Å². The molecule has 1 heterocycles. The van der Waals surface area contributed by atoms with Gasteiger partial charge in [-0.3, -0.25) is 9.69 Å². The fourth-order valence-electron chi connectivity index (χ4n) is 2.20. The second-order valence-electron chi connectivity index (χ2n) is 4.79. The minimum absolute atomic E-state index is 0.334. The summed E-state index contributed by atoms with van der Waals surface area (Å²) in [6.45, 7) is 3.59. The van der Waals surface area contributed by atoms with Crippen LogP contribution in [-0.2, 0) is 4.79 Å². The van der Waals surface area contributed by atoms with Crippen molar-refractivity contribution in [3.63, 3.8) is 0 Å². The third-order valence-corrected chi connectivity index (χ3v) is 3.29. The highest BCUT2D eigenvalue weighted by Crippen LogP contribution is 2.44. The van der Waals surface area contributed by atoms with E-state index in [0.29, 0.717) is 25.6 Å². The minimum Gasteiger partial charge on any atom is -0.481 e. The lowest BCUT2D eigenvalue weighted by molar-refractivity contribution is -0.147. The van der Waals surface area contributed by atoms with Gasteiger partial charge >= 0.3 is 5.97 Å². The number of rotatable bonds is 4. The monoisotopic (exact) mass is 199 g/mol. The largest absolute Gasteiger partial charge is 0.481 e. The predicted molar refractivity (Wildman–Crippen MR) is 50.9 cm³/mol. The van der Waals surface area contributed by atoms with Gasteiger partial charge in [0.2, 0.25) is 0 Å². The molecular formula is C10H17NO3. The molecule has 2 fully saturated rings. The summed E-state index contributed by atoms with van der Waals surface area (Å²) >= 11 is 0. The highest BCUT2D eigenvalue weighted by Gasteiger charge is 2.51. The maximum absolute atomic E-state index is 10.6. The molecule has 2 aliphatic rings. The lowest BCUT2D eigenvalue weighted by Crippen LogP contribution is -2.63. The number of aliphatic hydroxyl groups is 1. The number of hydrogen-bond acceptors (Lipinski definition) is 3. The smallest absolute Gasteiger partial charge is 0.307 e. The number of carboxylic acids is 1. The Labute approximate surface area is 83.5 Å². The van der Waals surface area contributed by atoms with Gasteiger partial charge in [0.05, 0.1) is 11.5 Å². The molecule has 2 N–H and O–H groups in total.